The number of aliphatic hydroxyl groups excluding tert-OH is 1. The quantitative estimate of drug-likeness (QED) is 0.638. The van der Waals surface area contributed by atoms with Crippen molar-refractivity contribution in [2.45, 2.75) is 26.0 Å². The van der Waals surface area contributed by atoms with Gasteiger partial charge in [-0.15, -0.1) is 0 Å². The van der Waals surface area contributed by atoms with Gasteiger partial charge in [-0.3, -0.25) is 10.1 Å². The van der Waals surface area contributed by atoms with Crippen molar-refractivity contribution in [1.29, 1.82) is 0 Å². The first-order valence-electron chi connectivity index (χ1n) is 5.69. The van der Waals surface area contributed by atoms with E-state index in [1.165, 1.54) is 12.1 Å². The van der Waals surface area contributed by atoms with Gasteiger partial charge in [-0.1, -0.05) is 17.7 Å². The average Bonchev–Trinajstić information content (AvgIpc) is 2.28. The first-order chi connectivity index (χ1) is 8.40. The van der Waals surface area contributed by atoms with Crippen LogP contribution in [0.25, 0.3) is 0 Å². The molecule has 6 heteroatoms. The molecule has 0 aromatic heterocycles. The van der Waals surface area contributed by atoms with Crippen LogP contribution in [0.2, 0.25) is 5.02 Å². The standard InChI is InChI=1S/C12H17ClN2O3/c1-9(16)5-6-14(2)8-10-3-4-11(13)12(7-10)15(17)18/h3-4,7,9,16H,5-6,8H2,1-2H3. The summed E-state index contributed by atoms with van der Waals surface area (Å²) in [5.41, 5.74) is 0.761. The fourth-order valence-corrected chi connectivity index (χ4v) is 1.78. The second-order valence-electron chi connectivity index (χ2n) is 4.42. The van der Waals surface area contributed by atoms with Crippen molar-refractivity contribution < 1.29 is 10.0 Å². The van der Waals surface area contributed by atoms with E-state index in [1.54, 1.807) is 13.0 Å². The molecule has 1 atom stereocenters. The number of nitro groups is 1. The number of halogens is 1. The lowest BCUT2D eigenvalue weighted by Gasteiger charge is -2.17. The van der Waals surface area contributed by atoms with Crippen LogP contribution in [-0.2, 0) is 6.54 Å². The summed E-state index contributed by atoms with van der Waals surface area (Å²) in [5.74, 6) is 0. The molecular formula is C12H17ClN2O3. The maximum Gasteiger partial charge on any atom is 0.288 e. The largest absolute Gasteiger partial charge is 0.393 e. The summed E-state index contributed by atoms with van der Waals surface area (Å²) in [4.78, 5) is 12.3. The summed E-state index contributed by atoms with van der Waals surface area (Å²) in [7, 11) is 1.91. The molecular weight excluding hydrogens is 256 g/mol. The monoisotopic (exact) mass is 272 g/mol. The normalized spacial score (nSPS) is 12.7. The molecule has 0 heterocycles. The number of benzene rings is 1. The van der Waals surface area contributed by atoms with Crippen molar-refractivity contribution in [2.75, 3.05) is 13.6 Å². The summed E-state index contributed by atoms with van der Waals surface area (Å²) in [5, 5.41) is 20.1. The lowest BCUT2D eigenvalue weighted by atomic mass is 10.2. The Balaban J connectivity index is 2.67. The highest BCUT2D eigenvalue weighted by Crippen LogP contribution is 2.25. The van der Waals surface area contributed by atoms with Crippen molar-refractivity contribution >= 4 is 17.3 Å². The minimum Gasteiger partial charge on any atom is -0.393 e. The fraction of sp³-hybridized carbons (Fsp3) is 0.500. The SMILES string of the molecule is CC(O)CCN(C)Cc1ccc(Cl)c([N+](=O)[O-])c1. The number of rotatable bonds is 6. The molecule has 1 N–H and O–H groups in total. The Morgan fingerprint density at radius 3 is 2.78 bits per heavy atom. The molecule has 0 aliphatic rings. The first kappa shape index (κ1) is 14.9. The molecule has 0 saturated carbocycles. The average molecular weight is 273 g/mol. The van der Waals surface area contributed by atoms with Crippen molar-refractivity contribution in [3.8, 4) is 0 Å². The van der Waals surface area contributed by atoms with Gasteiger partial charge in [-0.05, 0) is 32.0 Å². The molecule has 1 rings (SSSR count). The third-order valence-corrected chi connectivity index (χ3v) is 2.91. The van der Waals surface area contributed by atoms with Crippen LogP contribution in [0.4, 0.5) is 5.69 Å². The van der Waals surface area contributed by atoms with Gasteiger partial charge in [0.2, 0.25) is 0 Å². The highest BCUT2D eigenvalue weighted by Gasteiger charge is 2.13. The van der Waals surface area contributed by atoms with Gasteiger partial charge in [-0.2, -0.15) is 0 Å². The number of hydrogen-bond donors (Lipinski definition) is 1. The second kappa shape index (κ2) is 6.68. The summed E-state index contributed by atoms with van der Waals surface area (Å²) >= 11 is 5.74. The maximum atomic E-state index is 10.7. The van der Waals surface area contributed by atoms with Crippen molar-refractivity contribution in [1.82, 2.24) is 4.90 Å². The molecule has 0 fully saturated rings. The molecule has 0 spiro atoms. The van der Waals surface area contributed by atoms with E-state index < -0.39 is 4.92 Å². The van der Waals surface area contributed by atoms with Crippen molar-refractivity contribution in [3.63, 3.8) is 0 Å². The van der Waals surface area contributed by atoms with E-state index in [9.17, 15) is 15.2 Å². The minimum atomic E-state index is -0.484. The number of aliphatic hydroxyl groups is 1. The van der Waals surface area contributed by atoms with E-state index >= 15 is 0 Å². The molecule has 18 heavy (non-hydrogen) atoms. The van der Waals surface area contributed by atoms with Crippen LogP contribution >= 0.6 is 11.6 Å². The zero-order valence-electron chi connectivity index (χ0n) is 10.5. The first-order valence-corrected chi connectivity index (χ1v) is 6.07. The molecule has 100 valence electrons. The summed E-state index contributed by atoms with van der Waals surface area (Å²) in [6.07, 6.45) is 0.332. The van der Waals surface area contributed by atoms with Crippen LogP contribution in [0.5, 0.6) is 0 Å². The van der Waals surface area contributed by atoms with Gasteiger partial charge in [0.1, 0.15) is 5.02 Å². The molecule has 1 aromatic carbocycles. The topological polar surface area (TPSA) is 66.6 Å². The molecule has 0 radical (unpaired) electrons. The van der Waals surface area contributed by atoms with Crippen LogP contribution < -0.4 is 0 Å². The van der Waals surface area contributed by atoms with Gasteiger partial charge < -0.3 is 10.0 Å². The van der Waals surface area contributed by atoms with Crippen molar-refractivity contribution in [3.05, 3.63) is 38.9 Å². The second-order valence-corrected chi connectivity index (χ2v) is 4.83. The number of nitro benzene ring substituents is 1. The highest BCUT2D eigenvalue weighted by molar-refractivity contribution is 6.32. The van der Waals surface area contributed by atoms with Crippen molar-refractivity contribution in [2.24, 2.45) is 0 Å². The highest BCUT2D eigenvalue weighted by atomic mass is 35.5. The third kappa shape index (κ3) is 4.60. The Kier molecular flexibility index (Phi) is 5.53. The predicted octanol–water partition coefficient (Wildman–Crippen LogP) is 2.45. The van der Waals surface area contributed by atoms with Gasteiger partial charge in [0.05, 0.1) is 11.0 Å². The molecule has 1 aromatic rings. The van der Waals surface area contributed by atoms with Crippen LogP contribution in [-0.4, -0.2) is 34.6 Å². The van der Waals surface area contributed by atoms with Gasteiger partial charge >= 0.3 is 0 Å². The van der Waals surface area contributed by atoms with E-state index in [2.05, 4.69) is 0 Å². The lowest BCUT2D eigenvalue weighted by Crippen LogP contribution is -2.22. The Morgan fingerprint density at radius 2 is 2.22 bits per heavy atom. The molecule has 0 aliphatic carbocycles. The van der Waals surface area contributed by atoms with E-state index in [0.29, 0.717) is 13.0 Å². The van der Waals surface area contributed by atoms with Crippen LogP contribution in [0.3, 0.4) is 0 Å². The van der Waals surface area contributed by atoms with Gasteiger partial charge in [0, 0.05) is 19.2 Å². The third-order valence-electron chi connectivity index (χ3n) is 2.59. The van der Waals surface area contributed by atoms with E-state index in [1.807, 2.05) is 11.9 Å². The summed E-state index contributed by atoms with van der Waals surface area (Å²) in [6, 6.07) is 4.80. The Morgan fingerprint density at radius 1 is 1.56 bits per heavy atom. The molecule has 0 saturated heterocycles. The molecule has 0 bridgehead atoms. The van der Waals surface area contributed by atoms with Crippen LogP contribution in [0.15, 0.2) is 18.2 Å². The molecule has 1 unspecified atom stereocenters. The molecule has 0 amide bonds. The smallest absolute Gasteiger partial charge is 0.288 e. The van der Waals surface area contributed by atoms with E-state index in [0.717, 1.165) is 12.1 Å². The zero-order chi connectivity index (χ0) is 13.7. The van der Waals surface area contributed by atoms with E-state index in [-0.39, 0.29) is 16.8 Å². The Hall–Kier alpha value is -1.17. The van der Waals surface area contributed by atoms with Crippen LogP contribution in [0.1, 0.15) is 18.9 Å². The summed E-state index contributed by atoms with van der Waals surface area (Å²) < 4.78 is 0. The lowest BCUT2D eigenvalue weighted by molar-refractivity contribution is -0.384. The maximum absolute atomic E-state index is 10.7. The summed E-state index contributed by atoms with van der Waals surface area (Å²) in [6.45, 7) is 3.06. The van der Waals surface area contributed by atoms with Gasteiger partial charge in [0.25, 0.3) is 5.69 Å². The van der Waals surface area contributed by atoms with Gasteiger partial charge in [-0.25, -0.2) is 0 Å². The van der Waals surface area contributed by atoms with E-state index in [4.69, 9.17) is 11.6 Å². The minimum absolute atomic E-state index is 0.0712. The van der Waals surface area contributed by atoms with Crippen LogP contribution in [0, 0.1) is 10.1 Å². The fourth-order valence-electron chi connectivity index (χ4n) is 1.59. The Bertz CT molecular complexity index is 424. The predicted molar refractivity (Wildman–Crippen MR) is 70.7 cm³/mol. The molecule has 5 nitrogen and oxygen atoms in total. The molecule has 0 aliphatic heterocycles. The number of hydrogen-bond acceptors (Lipinski definition) is 4. The van der Waals surface area contributed by atoms with Gasteiger partial charge in [0.15, 0.2) is 0 Å². The number of nitrogens with zero attached hydrogens (tertiary/aromatic N) is 2. The Labute approximate surface area is 111 Å². The zero-order valence-corrected chi connectivity index (χ0v) is 11.2.